The lowest BCUT2D eigenvalue weighted by Crippen LogP contribution is -2.22. The van der Waals surface area contributed by atoms with E-state index in [1.54, 1.807) is 13.1 Å². The molecule has 0 aliphatic heterocycles. The van der Waals surface area contributed by atoms with Crippen molar-refractivity contribution in [1.29, 1.82) is 0 Å². The Bertz CT molecular complexity index is 536. The highest BCUT2D eigenvalue weighted by molar-refractivity contribution is 5.83. The van der Waals surface area contributed by atoms with Gasteiger partial charge in [0.2, 0.25) is 0 Å². The molecule has 2 rings (SSSR count). The standard InChI is InChI=1S/C14H15NO2/c1-3-14(16)10(2)17-12-7-6-11-5-4-8-15-13(11)9-12/h4-10H,3H2,1-2H3. The van der Waals surface area contributed by atoms with Gasteiger partial charge in [0.15, 0.2) is 11.9 Å². The van der Waals surface area contributed by atoms with Crippen molar-refractivity contribution >= 4 is 16.7 Å². The molecule has 88 valence electrons. The minimum atomic E-state index is -0.402. The summed E-state index contributed by atoms with van der Waals surface area (Å²) in [6.07, 6.45) is 1.83. The zero-order chi connectivity index (χ0) is 12.3. The SMILES string of the molecule is CCC(=O)C(C)Oc1ccc2cccnc2c1. The minimum Gasteiger partial charge on any atom is -0.483 e. The molecule has 3 nitrogen and oxygen atoms in total. The molecular formula is C14H15NO2. The van der Waals surface area contributed by atoms with Crippen LogP contribution in [0, 0.1) is 0 Å². The largest absolute Gasteiger partial charge is 0.483 e. The number of ether oxygens (including phenoxy) is 1. The molecule has 0 saturated carbocycles. The van der Waals surface area contributed by atoms with Crippen LogP contribution in [0.1, 0.15) is 20.3 Å². The van der Waals surface area contributed by atoms with Crippen molar-refractivity contribution in [3.05, 3.63) is 36.5 Å². The molecular weight excluding hydrogens is 214 g/mol. The summed E-state index contributed by atoms with van der Waals surface area (Å²) in [6.45, 7) is 3.61. The van der Waals surface area contributed by atoms with Gasteiger partial charge >= 0.3 is 0 Å². The predicted octanol–water partition coefficient (Wildman–Crippen LogP) is 2.98. The fraction of sp³-hybridized carbons (Fsp3) is 0.286. The maximum atomic E-state index is 11.4. The van der Waals surface area contributed by atoms with Crippen LogP contribution in [0.4, 0.5) is 0 Å². The maximum absolute atomic E-state index is 11.4. The van der Waals surface area contributed by atoms with Gasteiger partial charge in [-0.3, -0.25) is 9.78 Å². The van der Waals surface area contributed by atoms with E-state index in [-0.39, 0.29) is 5.78 Å². The summed E-state index contributed by atoms with van der Waals surface area (Å²) >= 11 is 0. The molecule has 0 N–H and O–H groups in total. The summed E-state index contributed by atoms with van der Waals surface area (Å²) < 4.78 is 5.59. The first-order valence-electron chi connectivity index (χ1n) is 5.75. The molecule has 2 aromatic rings. The molecule has 1 aromatic heterocycles. The molecule has 0 aliphatic carbocycles. The number of hydrogen-bond acceptors (Lipinski definition) is 3. The molecule has 1 heterocycles. The van der Waals surface area contributed by atoms with Gasteiger partial charge in [-0.05, 0) is 25.1 Å². The zero-order valence-corrected chi connectivity index (χ0v) is 10.0. The van der Waals surface area contributed by atoms with Crippen molar-refractivity contribution in [1.82, 2.24) is 4.98 Å². The predicted molar refractivity (Wildman–Crippen MR) is 67.1 cm³/mol. The topological polar surface area (TPSA) is 39.2 Å². The number of rotatable bonds is 4. The first kappa shape index (κ1) is 11.6. The Morgan fingerprint density at radius 3 is 3.00 bits per heavy atom. The van der Waals surface area contributed by atoms with Gasteiger partial charge in [0, 0.05) is 24.1 Å². The molecule has 1 atom stereocenters. The van der Waals surface area contributed by atoms with E-state index < -0.39 is 6.10 Å². The molecule has 0 radical (unpaired) electrons. The highest BCUT2D eigenvalue weighted by atomic mass is 16.5. The van der Waals surface area contributed by atoms with Gasteiger partial charge in [-0.15, -0.1) is 0 Å². The third-order valence-corrected chi connectivity index (χ3v) is 2.69. The van der Waals surface area contributed by atoms with Crippen LogP contribution in [0.25, 0.3) is 10.9 Å². The minimum absolute atomic E-state index is 0.103. The van der Waals surface area contributed by atoms with E-state index in [1.807, 2.05) is 37.3 Å². The lowest BCUT2D eigenvalue weighted by atomic mass is 10.2. The first-order valence-corrected chi connectivity index (χ1v) is 5.75. The van der Waals surface area contributed by atoms with Crippen LogP contribution < -0.4 is 4.74 Å². The second-order valence-corrected chi connectivity index (χ2v) is 3.94. The normalized spacial score (nSPS) is 12.4. The van der Waals surface area contributed by atoms with Crippen molar-refractivity contribution in [2.24, 2.45) is 0 Å². The van der Waals surface area contributed by atoms with E-state index in [0.717, 1.165) is 10.9 Å². The monoisotopic (exact) mass is 229 g/mol. The Kier molecular flexibility index (Phi) is 3.38. The summed E-state index contributed by atoms with van der Waals surface area (Å²) in [6, 6.07) is 9.55. The molecule has 0 fully saturated rings. The molecule has 3 heteroatoms. The number of pyridine rings is 1. The highest BCUT2D eigenvalue weighted by Crippen LogP contribution is 2.20. The van der Waals surface area contributed by atoms with Crippen molar-refractivity contribution in [3.8, 4) is 5.75 Å². The maximum Gasteiger partial charge on any atom is 0.172 e. The fourth-order valence-electron chi connectivity index (χ4n) is 1.68. The second kappa shape index (κ2) is 4.95. The molecule has 17 heavy (non-hydrogen) atoms. The number of fused-ring (bicyclic) bond motifs is 1. The second-order valence-electron chi connectivity index (χ2n) is 3.94. The summed E-state index contributed by atoms with van der Waals surface area (Å²) in [4.78, 5) is 15.7. The number of ketones is 1. The number of benzene rings is 1. The van der Waals surface area contributed by atoms with Crippen LogP contribution in [0.3, 0.4) is 0 Å². The quantitative estimate of drug-likeness (QED) is 0.809. The number of carbonyl (C=O) groups is 1. The van der Waals surface area contributed by atoms with Crippen molar-refractivity contribution in [2.75, 3.05) is 0 Å². The number of aromatic nitrogens is 1. The molecule has 0 bridgehead atoms. The van der Waals surface area contributed by atoms with E-state index in [2.05, 4.69) is 4.98 Å². The Morgan fingerprint density at radius 1 is 1.41 bits per heavy atom. The van der Waals surface area contributed by atoms with Crippen LogP contribution in [0.15, 0.2) is 36.5 Å². The first-order chi connectivity index (χ1) is 8.20. The Balaban J connectivity index is 2.22. The molecule has 0 saturated heterocycles. The van der Waals surface area contributed by atoms with Gasteiger partial charge in [-0.1, -0.05) is 13.0 Å². The van der Waals surface area contributed by atoms with Crippen molar-refractivity contribution < 1.29 is 9.53 Å². The summed E-state index contributed by atoms with van der Waals surface area (Å²) in [5.41, 5.74) is 0.876. The van der Waals surface area contributed by atoms with Gasteiger partial charge < -0.3 is 4.74 Å². The third-order valence-electron chi connectivity index (χ3n) is 2.69. The molecule has 0 amide bonds. The van der Waals surface area contributed by atoms with Crippen molar-refractivity contribution in [3.63, 3.8) is 0 Å². The number of nitrogens with zero attached hydrogens (tertiary/aromatic N) is 1. The van der Waals surface area contributed by atoms with Crippen LogP contribution in [0.5, 0.6) is 5.75 Å². The Morgan fingerprint density at radius 2 is 2.24 bits per heavy atom. The Labute approximate surface area is 100 Å². The number of Topliss-reactive ketones (excluding diaryl/α,β-unsaturated/α-hetero) is 1. The third kappa shape index (κ3) is 2.61. The van der Waals surface area contributed by atoms with E-state index >= 15 is 0 Å². The highest BCUT2D eigenvalue weighted by Gasteiger charge is 2.12. The lowest BCUT2D eigenvalue weighted by Gasteiger charge is -2.12. The molecule has 1 unspecified atom stereocenters. The summed E-state index contributed by atoms with van der Waals surface area (Å²) in [5, 5.41) is 1.06. The van der Waals surface area contributed by atoms with Gasteiger partial charge in [0.25, 0.3) is 0 Å². The smallest absolute Gasteiger partial charge is 0.172 e. The lowest BCUT2D eigenvalue weighted by molar-refractivity contribution is -0.124. The average molecular weight is 229 g/mol. The van der Waals surface area contributed by atoms with Crippen LogP contribution in [0.2, 0.25) is 0 Å². The van der Waals surface area contributed by atoms with Crippen LogP contribution in [-0.4, -0.2) is 16.9 Å². The van der Waals surface area contributed by atoms with Gasteiger partial charge in [0.1, 0.15) is 5.75 Å². The number of hydrogen-bond donors (Lipinski definition) is 0. The molecule has 0 aliphatic rings. The molecule has 0 spiro atoms. The molecule has 1 aromatic carbocycles. The van der Waals surface area contributed by atoms with Crippen LogP contribution in [-0.2, 0) is 4.79 Å². The summed E-state index contributed by atoms with van der Waals surface area (Å²) in [5.74, 6) is 0.789. The van der Waals surface area contributed by atoms with Gasteiger partial charge in [0.05, 0.1) is 5.52 Å². The van der Waals surface area contributed by atoms with Gasteiger partial charge in [-0.25, -0.2) is 0 Å². The average Bonchev–Trinajstić information content (AvgIpc) is 2.37. The van der Waals surface area contributed by atoms with Crippen LogP contribution >= 0.6 is 0 Å². The number of carbonyl (C=O) groups excluding carboxylic acids is 1. The fourth-order valence-corrected chi connectivity index (χ4v) is 1.68. The van der Waals surface area contributed by atoms with E-state index in [4.69, 9.17) is 4.74 Å². The van der Waals surface area contributed by atoms with Gasteiger partial charge in [-0.2, -0.15) is 0 Å². The van der Waals surface area contributed by atoms with E-state index in [1.165, 1.54) is 0 Å². The van der Waals surface area contributed by atoms with E-state index in [9.17, 15) is 4.79 Å². The van der Waals surface area contributed by atoms with E-state index in [0.29, 0.717) is 12.2 Å². The zero-order valence-electron chi connectivity index (χ0n) is 10.0. The Hall–Kier alpha value is -1.90. The van der Waals surface area contributed by atoms with Crippen molar-refractivity contribution in [2.45, 2.75) is 26.4 Å². The summed E-state index contributed by atoms with van der Waals surface area (Å²) in [7, 11) is 0.